The monoisotopic (exact) mass is 469 g/mol. The summed E-state index contributed by atoms with van der Waals surface area (Å²) < 4.78 is 18.9. The molecule has 1 unspecified atom stereocenters. The van der Waals surface area contributed by atoms with Gasteiger partial charge in [0.15, 0.2) is 5.78 Å². The molecule has 0 saturated heterocycles. The molecular weight excluding hydrogens is 454 g/mol. The Labute approximate surface area is 173 Å². The molecule has 2 rings (SSSR count). The van der Waals surface area contributed by atoms with Gasteiger partial charge in [0, 0.05) is 15.1 Å². The van der Waals surface area contributed by atoms with E-state index in [1.54, 1.807) is 30.3 Å². The van der Waals surface area contributed by atoms with Gasteiger partial charge in [0.25, 0.3) is 0 Å². The van der Waals surface area contributed by atoms with Crippen LogP contribution in [-0.2, 0) is 15.6 Å². The zero-order chi connectivity index (χ0) is 20.1. The van der Waals surface area contributed by atoms with Crippen LogP contribution in [0, 0.1) is 0 Å². The lowest BCUT2D eigenvalue weighted by atomic mass is 10.0. The van der Waals surface area contributed by atoms with Crippen LogP contribution in [0.2, 0.25) is 0 Å². The third-order valence-corrected chi connectivity index (χ3v) is 5.65. The van der Waals surface area contributed by atoms with Gasteiger partial charge in [-0.1, -0.05) is 46.2 Å². The Hall–Kier alpha value is -1.96. The van der Waals surface area contributed by atoms with E-state index >= 15 is 0 Å². The molecule has 1 aliphatic rings. The van der Waals surface area contributed by atoms with Gasteiger partial charge < -0.3 is 9.84 Å². The predicted octanol–water partition coefficient (Wildman–Crippen LogP) is 4.57. The standard InChI is InChI=1S/C19H17BrClNO4S/c1-11(20)8-9-14(21)13-10-22-19(17(12(2)23)18(13)24)27(25)16-7-5-4-6-15(16)26-3/h4-9,24H,1,10H2,2-3H3/b9-8-,14-13-. The van der Waals surface area contributed by atoms with E-state index in [-0.39, 0.29) is 33.5 Å². The van der Waals surface area contributed by atoms with Crippen molar-refractivity contribution in [3.05, 3.63) is 69.4 Å². The number of Topliss-reactive ketones (excluding diaryl/α,β-unsaturated/α-hetero) is 1. The van der Waals surface area contributed by atoms with Crippen molar-refractivity contribution in [1.29, 1.82) is 0 Å². The van der Waals surface area contributed by atoms with Crippen LogP contribution < -0.4 is 4.74 Å². The molecule has 0 bridgehead atoms. The summed E-state index contributed by atoms with van der Waals surface area (Å²) in [6.45, 7) is 4.91. The molecule has 1 heterocycles. The maximum absolute atomic E-state index is 13.1. The fourth-order valence-corrected chi connectivity index (χ4v) is 4.05. The molecule has 1 aromatic rings. The van der Waals surface area contributed by atoms with Crippen LogP contribution in [0.15, 0.2) is 79.3 Å². The molecule has 0 fully saturated rings. The highest BCUT2D eigenvalue weighted by atomic mass is 79.9. The van der Waals surface area contributed by atoms with E-state index in [0.29, 0.717) is 15.1 Å². The van der Waals surface area contributed by atoms with E-state index in [1.165, 1.54) is 20.1 Å². The molecule has 0 aliphatic carbocycles. The number of hydrogen-bond acceptors (Lipinski definition) is 5. The molecule has 1 aromatic carbocycles. The smallest absolute Gasteiger partial charge is 0.166 e. The molecular formula is C19H17BrClNO4S. The number of halogens is 2. The highest BCUT2D eigenvalue weighted by Gasteiger charge is 2.31. The van der Waals surface area contributed by atoms with Gasteiger partial charge in [-0.15, -0.1) is 0 Å². The van der Waals surface area contributed by atoms with Gasteiger partial charge in [0.2, 0.25) is 0 Å². The molecule has 5 nitrogen and oxygen atoms in total. The van der Waals surface area contributed by atoms with Crippen molar-refractivity contribution in [3.63, 3.8) is 0 Å². The Morgan fingerprint density at radius 2 is 2.07 bits per heavy atom. The van der Waals surface area contributed by atoms with Crippen molar-refractivity contribution in [3.8, 4) is 5.75 Å². The van der Waals surface area contributed by atoms with Gasteiger partial charge in [-0.05, 0) is 31.2 Å². The topological polar surface area (TPSA) is 76.0 Å². The predicted molar refractivity (Wildman–Crippen MR) is 112 cm³/mol. The van der Waals surface area contributed by atoms with Crippen molar-refractivity contribution < 1.29 is 18.8 Å². The Morgan fingerprint density at radius 3 is 2.67 bits per heavy atom. The largest absolute Gasteiger partial charge is 0.507 e. The fourth-order valence-electron chi connectivity index (χ4n) is 2.35. The number of para-hydroxylation sites is 1. The van der Waals surface area contributed by atoms with Crippen LogP contribution in [0.3, 0.4) is 0 Å². The number of aliphatic hydroxyl groups excluding tert-OH is 1. The van der Waals surface area contributed by atoms with Crippen LogP contribution >= 0.6 is 27.5 Å². The molecule has 1 atom stereocenters. The van der Waals surface area contributed by atoms with Gasteiger partial charge in [0.1, 0.15) is 27.4 Å². The molecule has 27 heavy (non-hydrogen) atoms. The minimum Gasteiger partial charge on any atom is -0.507 e. The summed E-state index contributed by atoms with van der Waals surface area (Å²) in [6, 6.07) is 6.73. The highest BCUT2D eigenvalue weighted by Crippen LogP contribution is 2.30. The number of aliphatic imine (C=N–C) groups is 1. The number of rotatable bonds is 5. The SMILES string of the molecule is C=C(Br)/C=C\C(Cl)=C1/CN=C(S(=O)c2ccccc2OC)C(C(C)=O)=C1O. The molecule has 0 radical (unpaired) electrons. The summed E-state index contributed by atoms with van der Waals surface area (Å²) in [6.07, 6.45) is 3.13. The Morgan fingerprint density at radius 1 is 1.41 bits per heavy atom. The third-order valence-electron chi connectivity index (χ3n) is 3.61. The number of hydrogen-bond donors (Lipinski definition) is 1. The summed E-state index contributed by atoms with van der Waals surface area (Å²) in [5, 5.41) is 10.8. The molecule has 0 spiro atoms. The summed E-state index contributed by atoms with van der Waals surface area (Å²) in [7, 11) is -0.350. The highest BCUT2D eigenvalue weighted by molar-refractivity contribution is 9.11. The first-order valence-electron chi connectivity index (χ1n) is 7.73. The molecule has 142 valence electrons. The van der Waals surface area contributed by atoms with Crippen molar-refractivity contribution in [2.75, 3.05) is 13.7 Å². The quantitative estimate of drug-likeness (QED) is 0.639. The maximum atomic E-state index is 13.1. The minimum atomic E-state index is -1.81. The fraction of sp³-hybridized carbons (Fsp3) is 0.158. The van der Waals surface area contributed by atoms with E-state index in [4.69, 9.17) is 16.3 Å². The molecule has 0 amide bonds. The molecule has 8 heteroatoms. The van der Waals surface area contributed by atoms with E-state index < -0.39 is 16.6 Å². The summed E-state index contributed by atoms with van der Waals surface area (Å²) >= 11 is 9.40. The Kier molecular flexibility index (Phi) is 7.35. The zero-order valence-corrected chi connectivity index (χ0v) is 17.8. The summed E-state index contributed by atoms with van der Waals surface area (Å²) in [4.78, 5) is 16.8. The number of carbonyl (C=O) groups excluding carboxylic acids is 1. The molecule has 0 aromatic heterocycles. The number of nitrogens with zero attached hydrogens (tertiary/aromatic N) is 1. The van der Waals surface area contributed by atoms with Gasteiger partial charge in [-0.3, -0.25) is 9.79 Å². The van der Waals surface area contributed by atoms with E-state index in [9.17, 15) is 14.1 Å². The van der Waals surface area contributed by atoms with Crippen LogP contribution in [0.5, 0.6) is 5.75 Å². The van der Waals surface area contributed by atoms with Gasteiger partial charge in [-0.25, -0.2) is 4.21 Å². The lowest BCUT2D eigenvalue weighted by molar-refractivity contribution is -0.113. The summed E-state index contributed by atoms with van der Waals surface area (Å²) in [5.41, 5.74) is 0.150. The number of methoxy groups -OCH3 is 1. The van der Waals surface area contributed by atoms with Crippen LogP contribution in [0.1, 0.15) is 6.92 Å². The number of allylic oxidation sites excluding steroid dienone is 4. The van der Waals surface area contributed by atoms with Gasteiger partial charge in [0.05, 0.1) is 24.1 Å². The minimum absolute atomic E-state index is 0.00778. The van der Waals surface area contributed by atoms with Crippen molar-refractivity contribution in [2.24, 2.45) is 4.99 Å². The lowest BCUT2D eigenvalue weighted by Crippen LogP contribution is -2.24. The number of ether oxygens (including phenoxy) is 1. The normalized spacial score (nSPS) is 17.6. The lowest BCUT2D eigenvalue weighted by Gasteiger charge is -2.19. The first kappa shape index (κ1) is 21.3. The average Bonchev–Trinajstić information content (AvgIpc) is 2.64. The molecule has 1 aliphatic heterocycles. The third kappa shape index (κ3) is 4.86. The van der Waals surface area contributed by atoms with E-state index in [2.05, 4.69) is 27.5 Å². The van der Waals surface area contributed by atoms with Gasteiger partial charge >= 0.3 is 0 Å². The second kappa shape index (κ2) is 9.30. The maximum Gasteiger partial charge on any atom is 0.166 e. The summed E-state index contributed by atoms with van der Waals surface area (Å²) in [5.74, 6) is -0.394. The second-order valence-corrected chi connectivity index (χ2v) is 8.22. The number of dihydropyridines is 1. The van der Waals surface area contributed by atoms with Gasteiger partial charge in [-0.2, -0.15) is 0 Å². The number of aliphatic hydroxyl groups is 1. The number of carbonyl (C=O) groups is 1. The zero-order valence-electron chi connectivity index (χ0n) is 14.7. The average molecular weight is 471 g/mol. The Bertz CT molecular complexity index is 947. The van der Waals surface area contributed by atoms with Crippen LogP contribution in [0.4, 0.5) is 0 Å². The Balaban J connectivity index is 2.55. The van der Waals surface area contributed by atoms with E-state index in [1.807, 2.05) is 0 Å². The van der Waals surface area contributed by atoms with Crippen LogP contribution in [0.25, 0.3) is 0 Å². The van der Waals surface area contributed by atoms with Crippen molar-refractivity contribution in [1.82, 2.24) is 0 Å². The number of benzene rings is 1. The van der Waals surface area contributed by atoms with Crippen molar-refractivity contribution in [2.45, 2.75) is 11.8 Å². The first-order valence-corrected chi connectivity index (χ1v) is 10.0. The molecule has 1 N–H and O–H groups in total. The number of ketones is 1. The van der Waals surface area contributed by atoms with Crippen LogP contribution in [-0.4, -0.2) is 33.8 Å². The first-order chi connectivity index (χ1) is 12.8. The second-order valence-electron chi connectivity index (χ2n) is 5.43. The van der Waals surface area contributed by atoms with E-state index in [0.717, 1.165) is 0 Å². The molecule has 0 saturated carbocycles. The van der Waals surface area contributed by atoms with Crippen molar-refractivity contribution >= 4 is 49.2 Å².